The summed E-state index contributed by atoms with van der Waals surface area (Å²) in [6, 6.07) is 7.97. The minimum Gasteiger partial charge on any atom is -0.497 e. The fourth-order valence-electron chi connectivity index (χ4n) is 2.56. The van der Waals surface area contributed by atoms with Crippen molar-refractivity contribution in [2.75, 3.05) is 20.7 Å². The first-order valence-electron chi connectivity index (χ1n) is 5.63. The van der Waals surface area contributed by atoms with Crippen LogP contribution in [0.25, 0.3) is 0 Å². The average Bonchev–Trinajstić information content (AvgIpc) is 2.27. The van der Waals surface area contributed by atoms with Gasteiger partial charge < -0.3 is 10.1 Å². The number of halogens is 1. The van der Waals surface area contributed by atoms with E-state index in [9.17, 15) is 4.39 Å². The smallest absolute Gasteiger partial charge is 0.119 e. The number of ether oxygens (including phenoxy) is 1. The first kappa shape index (κ1) is 11.4. The molecule has 1 fully saturated rings. The molecule has 0 unspecified atom stereocenters. The van der Waals surface area contributed by atoms with Crippen LogP contribution in [0.15, 0.2) is 24.3 Å². The number of benzene rings is 1. The largest absolute Gasteiger partial charge is 0.497 e. The van der Waals surface area contributed by atoms with Crippen molar-refractivity contribution in [3.8, 4) is 5.75 Å². The van der Waals surface area contributed by atoms with Crippen LogP contribution in [0.1, 0.15) is 18.4 Å². The van der Waals surface area contributed by atoms with E-state index in [0.29, 0.717) is 12.8 Å². The summed E-state index contributed by atoms with van der Waals surface area (Å²) >= 11 is 0. The molecule has 2 rings (SSSR count). The van der Waals surface area contributed by atoms with Gasteiger partial charge in [0, 0.05) is 12.0 Å². The molecule has 0 atom stereocenters. The molecule has 0 bridgehead atoms. The van der Waals surface area contributed by atoms with Crippen LogP contribution >= 0.6 is 0 Å². The third kappa shape index (κ3) is 1.92. The zero-order chi connectivity index (χ0) is 11.6. The highest BCUT2D eigenvalue weighted by molar-refractivity contribution is 5.36. The molecular formula is C13H18FNO. The third-order valence-electron chi connectivity index (χ3n) is 3.42. The van der Waals surface area contributed by atoms with Gasteiger partial charge in [-0.25, -0.2) is 4.39 Å². The van der Waals surface area contributed by atoms with Crippen LogP contribution in [-0.2, 0) is 5.41 Å². The average molecular weight is 223 g/mol. The van der Waals surface area contributed by atoms with Crippen molar-refractivity contribution < 1.29 is 9.13 Å². The lowest BCUT2D eigenvalue weighted by Crippen LogP contribution is -2.49. The van der Waals surface area contributed by atoms with Crippen LogP contribution in [-0.4, -0.2) is 26.9 Å². The molecule has 1 aromatic rings. The first-order chi connectivity index (χ1) is 7.70. The minimum absolute atomic E-state index is 0.0390. The van der Waals surface area contributed by atoms with E-state index in [1.54, 1.807) is 7.11 Å². The summed E-state index contributed by atoms with van der Waals surface area (Å²) in [5, 5.41) is 3.16. The van der Waals surface area contributed by atoms with Crippen LogP contribution in [0, 0.1) is 0 Å². The number of hydrogen-bond donors (Lipinski definition) is 1. The molecule has 1 aromatic carbocycles. The summed E-state index contributed by atoms with van der Waals surface area (Å²) in [6.45, 7) is 0.820. The summed E-state index contributed by atoms with van der Waals surface area (Å²) in [4.78, 5) is 0. The van der Waals surface area contributed by atoms with E-state index < -0.39 is 6.17 Å². The Morgan fingerprint density at radius 2 is 2.25 bits per heavy atom. The Balaban J connectivity index is 2.25. The fourth-order valence-corrected chi connectivity index (χ4v) is 2.56. The summed E-state index contributed by atoms with van der Waals surface area (Å²) < 4.78 is 18.4. The zero-order valence-corrected chi connectivity index (χ0v) is 9.79. The lowest BCUT2D eigenvalue weighted by molar-refractivity contribution is 0.0938. The molecule has 3 heteroatoms. The Kier molecular flexibility index (Phi) is 3.15. The van der Waals surface area contributed by atoms with E-state index in [0.717, 1.165) is 12.3 Å². The maximum Gasteiger partial charge on any atom is 0.119 e. The second-order valence-corrected chi connectivity index (χ2v) is 4.55. The van der Waals surface area contributed by atoms with E-state index in [2.05, 4.69) is 11.4 Å². The SMILES string of the molecule is CNCC1(c2cccc(OC)c2)CC(F)C1. The van der Waals surface area contributed by atoms with Gasteiger partial charge in [0.15, 0.2) is 0 Å². The first-order valence-corrected chi connectivity index (χ1v) is 5.63. The number of rotatable bonds is 4. The van der Waals surface area contributed by atoms with Gasteiger partial charge in [0.05, 0.1) is 7.11 Å². The summed E-state index contributed by atoms with van der Waals surface area (Å²) in [5.41, 5.74) is 1.14. The minimum atomic E-state index is -0.653. The topological polar surface area (TPSA) is 21.3 Å². The van der Waals surface area contributed by atoms with Crippen LogP contribution < -0.4 is 10.1 Å². The van der Waals surface area contributed by atoms with Gasteiger partial charge in [0.1, 0.15) is 11.9 Å². The number of alkyl halides is 1. The van der Waals surface area contributed by atoms with Crippen molar-refractivity contribution in [1.82, 2.24) is 5.32 Å². The normalized spacial score (nSPS) is 28.6. The van der Waals surface area contributed by atoms with Gasteiger partial charge in [0.2, 0.25) is 0 Å². The highest BCUT2D eigenvalue weighted by Crippen LogP contribution is 2.45. The molecular weight excluding hydrogens is 205 g/mol. The van der Waals surface area contributed by atoms with Gasteiger partial charge in [-0.15, -0.1) is 0 Å². The molecule has 0 amide bonds. The number of likely N-dealkylation sites (N-methyl/N-ethyl adjacent to an activating group) is 1. The van der Waals surface area contributed by atoms with Gasteiger partial charge >= 0.3 is 0 Å². The van der Waals surface area contributed by atoms with E-state index in [-0.39, 0.29) is 5.41 Å². The molecule has 0 aliphatic heterocycles. The summed E-state index contributed by atoms with van der Waals surface area (Å²) in [5.74, 6) is 0.843. The van der Waals surface area contributed by atoms with Crippen molar-refractivity contribution in [3.63, 3.8) is 0 Å². The molecule has 1 aliphatic rings. The van der Waals surface area contributed by atoms with Gasteiger partial charge in [-0.3, -0.25) is 0 Å². The Morgan fingerprint density at radius 1 is 1.50 bits per heavy atom. The molecule has 0 saturated heterocycles. The molecule has 1 aliphatic carbocycles. The van der Waals surface area contributed by atoms with Crippen molar-refractivity contribution in [1.29, 1.82) is 0 Å². The molecule has 0 spiro atoms. The maximum absolute atomic E-state index is 13.1. The van der Waals surface area contributed by atoms with E-state index >= 15 is 0 Å². The fraction of sp³-hybridized carbons (Fsp3) is 0.538. The van der Waals surface area contributed by atoms with Crippen molar-refractivity contribution in [2.24, 2.45) is 0 Å². The maximum atomic E-state index is 13.1. The zero-order valence-electron chi connectivity index (χ0n) is 9.79. The van der Waals surface area contributed by atoms with E-state index in [1.165, 1.54) is 5.56 Å². The van der Waals surface area contributed by atoms with Crippen molar-refractivity contribution in [3.05, 3.63) is 29.8 Å². The van der Waals surface area contributed by atoms with Crippen LogP contribution in [0.3, 0.4) is 0 Å². The van der Waals surface area contributed by atoms with Gasteiger partial charge in [0.25, 0.3) is 0 Å². The second-order valence-electron chi connectivity index (χ2n) is 4.55. The standard InChI is InChI=1S/C13H18FNO/c1-15-9-13(7-11(14)8-13)10-4-3-5-12(6-10)16-2/h3-6,11,15H,7-9H2,1-2H3. The van der Waals surface area contributed by atoms with Gasteiger partial charge in [-0.1, -0.05) is 12.1 Å². The molecule has 0 aromatic heterocycles. The molecule has 1 saturated carbocycles. The monoisotopic (exact) mass is 223 g/mol. The molecule has 0 radical (unpaired) electrons. The molecule has 16 heavy (non-hydrogen) atoms. The van der Waals surface area contributed by atoms with Crippen molar-refractivity contribution in [2.45, 2.75) is 24.4 Å². The molecule has 1 N–H and O–H groups in total. The lowest BCUT2D eigenvalue weighted by atomic mass is 9.63. The Labute approximate surface area is 95.8 Å². The Bertz CT molecular complexity index is 355. The van der Waals surface area contributed by atoms with Crippen LogP contribution in [0.5, 0.6) is 5.75 Å². The Hall–Kier alpha value is -1.09. The molecule has 2 nitrogen and oxygen atoms in total. The number of nitrogens with one attached hydrogen (secondary N) is 1. The third-order valence-corrected chi connectivity index (χ3v) is 3.42. The lowest BCUT2D eigenvalue weighted by Gasteiger charge is -2.45. The summed E-state index contributed by atoms with van der Waals surface area (Å²) in [6.07, 6.45) is 0.571. The van der Waals surface area contributed by atoms with Gasteiger partial charge in [-0.05, 0) is 37.6 Å². The van der Waals surface area contributed by atoms with Gasteiger partial charge in [-0.2, -0.15) is 0 Å². The summed E-state index contributed by atoms with van der Waals surface area (Å²) in [7, 11) is 3.57. The second kappa shape index (κ2) is 4.42. The predicted molar refractivity (Wildman–Crippen MR) is 62.7 cm³/mol. The highest BCUT2D eigenvalue weighted by Gasteiger charge is 2.45. The van der Waals surface area contributed by atoms with E-state index in [4.69, 9.17) is 4.74 Å². The van der Waals surface area contributed by atoms with Crippen LogP contribution in [0.2, 0.25) is 0 Å². The van der Waals surface area contributed by atoms with Crippen molar-refractivity contribution >= 4 is 0 Å². The van der Waals surface area contributed by atoms with Crippen LogP contribution in [0.4, 0.5) is 4.39 Å². The van der Waals surface area contributed by atoms with E-state index in [1.807, 2.05) is 25.2 Å². The quantitative estimate of drug-likeness (QED) is 0.845. The molecule has 0 heterocycles. The number of hydrogen-bond acceptors (Lipinski definition) is 2. The molecule has 88 valence electrons. The Morgan fingerprint density at radius 3 is 2.81 bits per heavy atom. The predicted octanol–water partition coefficient (Wildman–Crippen LogP) is 2.28. The highest BCUT2D eigenvalue weighted by atomic mass is 19.1. The number of methoxy groups -OCH3 is 1.